The van der Waals surface area contributed by atoms with Gasteiger partial charge < -0.3 is 15.0 Å². The van der Waals surface area contributed by atoms with E-state index < -0.39 is 0 Å². The van der Waals surface area contributed by atoms with Gasteiger partial charge in [-0.05, 0) is 37.3 Å². The van der Waals surface area contributed by atoms with Crippen molar-refractivity contribution in [3.8, 4) is 6.07 Å². The highest BCUT2D eigenvalue weighted by Gasteiger charge is 2.28. The molecule has 1 aromatic carbocycles. The van der Waals surface area contributed by atoms with E-state index in [1.54, 1.807) is 17.9 Å². The molecule has 0 aliphatic carbocycles. The fourth-order valence-corrected chi connectivity index (χ4v) is 4.79. The molecule has 27 heavy (non-hydrogen) atoms. The van der Waals surface area contributed by atoms with E-state index in [0.717, 1.165) is 15.3 Å². The predicted octanol–water partition coefficient (Wildman–Crippen LogP) is 4.11. The molecule has 0 saturated heterocycles. The Balaban J connectivity index is 1.85. The summed E-state index contributed by atoms with van der Waals surface area (Å²) in [5, 5.41) is 13.0. The van der Waals surface area contributed by atoms with Crippen LogP contribution in [0.5, 0.6) is 0 Å². The van der Waals surface area contributed by atoms with Crippen LogP contribution in [-0.2, 0) is 17.7 Å². The van der Waals surface area contributed by atoms with Crippen LogP contribution < -0.4 is 5.32 Å². The molecule has 0 unspecified atom stereocenters. The maximum atomic E-state index is 12.7. The van der Waals surface area contributed by atoms with Gasteiger partial charge in [0.05, 0.1) is 24.3 Å². The molecule has 0 radical (unpaired) electrons. The highest BCUT2D eigenvalue weighted by Crippen LogP contribution is 2.37. The molecule has 2 amide bonds. The van der Waals surface area contributed by atoms with Crippen molar-refractivity contribution in [2.45, 2.75) is 24.8 Å². The Hall–Kier alpha value is -2.50. The second-order valence-corrected chi connectivity index (χ2v) is 7.80. The molecule has 1 aliphatic heterocycles. The minimum atomic E-state index is -0.352. The average Bonchev–Trinajstić information content (AvgIpc) is 3.03. The third-order valence-electron chi connectivity index (χ3n) is 4.27. The lowest BCUT2D eigenvalue weighted by Gasteiger charge is -2.25. The third-order valence-corrected chi connectivity index (χ3v) is 6.20. The van der Waals surface area contributed by atoms with Crippen molar-refractivity contribution in [1.29, 1.82) is 5.26 Å². The fourth-order valence-electron chi connectivity index (χ4n) is 2.98. The van der Waals surface area contributed by atoms with Gasteiger partial charge in [0.2, 0.25) is 0 Å². The molecule has 1 N–H and O–H groups in total. The van der Waals surface area contributed by atoms with E-state index >= 15 is 0 Å². The maximum absolute atomic E-state index is 12.7. The number of carbonyl (C=O) groups is 2. The monoisotopic (exact) mass is 401 g/mol. The quantitative estimate of drug-likeness (QED) is 0.780. The molecule has 1 aromatic heterocycles. The molecular formula is C19H19N3O3S2. The van der Waals surface area contributed by atoms with Crippen LogP contribution in [0, 0.1) is 11.3 Å². The highest BCUT2D eigenvalue weighted by molar-refractivity contribution is 7.98. The highest BCUT2D eigenvalue weighted by atomic mass is 32.2. The molecular weight excluding hydrogens is 382 g/mol. The summed E-state index contributed by atoms with van der Waals surface area (Å²) in [5.41, 5.74) is 1.98. The number of amides is 2. The van der Waals surface area contributed by atoms with Crippen LogP contribution in [0.15, 0.2) is 29.2 Å². The van der Waals surface area contributed by atoms with Crippen LogP contribution in [0.2, 0.25) is 0 Å². The predicted molar refractivity (Wildman–Crippen MR) is 106 cm³/mol. The number of hydrogen-bond donors (Lipinski definition) is 1. The molecule has 8 heteroatoms. The van der Waals surface area contributed by atoms with Crippen LogP contribution in [-0.4, -0.2) is 36.3 Å². The maximum Gasteiger partial charge on any atom is 0.410 e. The lowest BCUT2D eigenvalue weighted by Crippen LogP contribution is -2.35. The summed E-state index contributed by atoms with van der Waals surface area (Å²) in [6, 6.07) is 9.57. The summed E-state index contributed by atoms with van der Waals surface area (Å²) in [6.07, 6.45) is 2.14. The van der Waals surface area contributed by atoms with Crippen LogP contribution in [0.3, 0.4) is 0 Å². The van der Waals surface area contributed by atoms with Crippen molar-refractivity contribution >= 4 is 40.1 Å². The zero-order chi connectivity index (χ0) is 19.4. The van der Waals surface area contributed by atoms with Crippen molar-refractivity contribution in [2.24, 2.45) is 0 Å². The number of hydrogen-bond acceptors (Lipinski definition) is 6. The Labute approximate surface area is 166 Å². The molecule has 6 nitrogen and oxygen atoms in total. The number of fused-ring (bicyclic) bond motifs is 1. The van der Waals surface area contributed by atoms with Crippen LogP contribution in [0.4, 0.5) is 9.80 Å². The summed E-state index contributed by atoms with van der Waals surface area (Å²) in [5.74, 6) is -0.239. The number of rotatable bonds is 4. The normalized spacial score (nSPS) is 12.9. The first-order chi connectivity index (χ1) is 13.1. The number of nitrogens with zero attached hydrogens (tertiary/aromatic N) is 2. The lowest BCUT2D eigenvalue weighted by atomic mass is 10.0. The topological polar surface area (TPSA) is 82.4 Å². The minimum Gasteiger partial charge on any atom is -0.450 e. The number of nitriles is 1. The van der Waals surface area contributed by atoms with Gasteiger partial charge in [0, 0.05) is 16.3 Å². The van der Waals surface area contributed by atoms with Crippen molar-refractivity contribution < 1.29 is 14.3 Å². The van der Waals surface area contributed by atoms with E-state index in [1.807, 2.05) is 24.5 Å². The van der Waals surface area contributed by atoms with Crippen molar-refractivity contribution in [2.75, 3.05) is 24.7 Å². The summed E-state index contributed by atoms with van der Waals surface area (Å²) in [4.78, 5) is 28.1. The number of carbonyl (C=O) groups excluding carboxylic acids is 2. The van der Waals surface area contributed by atoms with Gasteiger partial charge in [-0.15, -0.1) is 23.1 Å². The Morgan fingerprint density at radius 2 is 2.19 bits per heavy atom. The van der Waals surface area contributed by atoms with Crippen molar-refractivity contribution in [3.05, 3.63) is 45.8 Å². The van der Waals surface area contributed by atoms with Crippen LogP contribution in [0.1, 0.15) is 33.3 Å². The second kappa shape index (κ2) is 8.46. The van der Waals surface area contributed by atoms with E-state index in [-0.39, 0.29) is 12.0 Å². The molecule has 0 atom stereocenters. The van der Waals surface area contributed by atoms with Gasteiger partial charge in [-0.25, -0.2) is 4.79 Å². The zero-order valence-electron chi connectivity index (χ0n) is 15.1. The number of anilines is 1. The number of ether oxygens (including phenoxy) is 1. The van der Waals surface area contributed by atoms with Gasteiger partial charge in [0.1, 0.15) is 11.1 Å². The van der Waals surface area contributed by atoms with Gasteiger partial charge in [-0.2, -0.15) is 5.26 Å². The fraction of sp³-hybridized carbons (Fsp3) is 0.316. The third kappa shape index (κ3) is 3.94. The smallest absolute Gasteiger partial charge is 0.410 e. The van der Waals surface area contributed by atoms with Gasteiger partial charge >= 0.3 is 6.09 Å². The molecule has 2 aromatic rings. The van der Waals surface area contributed by atoms with E-state index in [0.29, 0.717) is 42.2 Å². The molecule has 2 heterocycles. The van der Waals surface area contributed by atoms with Gasteiger partial charge in [0.25, 0.3) is 5.91 Å². The van der Waals surface area contributed by atoms with E-state index in [4.69, 9.17) is 4.74 Å². The SMILES string of the molecule is CCOC(=O)N1CCc2c(sc(NC(=O)c3ccccc3SC)c2C#N)C1. The van der Waals surface area contributed by atoms with Gasteiger partial charge in [-0.1, -0.05) is 12.1 Å². The summed E-state index contributed by atoms with van der Waals surface area (Å²) < 4.78 is 5.06. The van der Waals surface area contributed by atoms with Gasteiger partial charge in [-0.3, -0.25) is 4.79 Å². The zero-order valence-corrected chi connectivity index (χ0v) is 16.7. The molecule has 0 spiro atoms. The second-order valence-electron chi connectivity index (χ2n) is 5.84. The van der Waals surface area contributed by atoms with E-state index in [9.17, 15) is 14.9 Å². The molecule has 140 valence electrons. The van der Waals surface area contributed by atoms with E-state index in [2.05, 4.69) is 11.4 Å². The Morgan fingerprint density at radius 3 is 2.89 bits per heavy atom. The molecule has 3 rings (SSSR count). The largest absolute Gasteiger partial charge is 0.450 e. The van der Waals surface area contributed by atoms with Gasteiger partial charge in [0.15, 0.2) is 0 Å². The summed E-state index contributed by atoms with van der Waals surface area (Å²) >= 11 is 2.85. The standard InChI is InChI=1S/C19H19N3O3S2/c1-3-25-19(24)22-9-8-12-14(10-20)18(27-16(12)11-22)21-17(23)13-6-4-5-7-15(13)26-2/h4-7H,3,8-9,11H2,1-2H3,(H,21,23). The first kappa shape index (κ1) is 19.3. The Kier molecular flexibility index (Phi) is 6.04. The number of nitrogens with one attached hydrogen (secondary N) is 1. The first-order valence-electron chi connectivity index (χ1n) is 8.49. The molecule has 0 saturated carbocycles. The number of thioether (sulfide) groups is 1. The molecule has 0 fully saturated rings. The lowest BCUT2D eigenvalue weighted by molar-refractivity contribution is 0.102. The van der Waals surface area contributed by atoms with Crippen molar-refractivity contribution in [3.63, 3.8) is 0 Å². The van der Waals surface area contributed by atoms with Crippen LogP contribution in [0.25, 0.3) is 0 Å². The average molecular weight is 402 g/mol. The Morgan fingerprint density at radius 1 is 1.41 bits per heavy atom. The molecule has 0 bridgehead atoms. The van der Waals surface area contributed by atoms with Crippen LogP contribution >= 0.6 is 23.1 Å². The summed E-state index contributed by atoms with van der Waals surface area (Å²) in [6.45, 7) is 2.99. The van der Waals surface area contributed by atoms with Crippen molar-refractivity contribution in [1.82, 2.24) is 4.90 Å². The minimum absolute atomic E-state index is 0.239. The number of thiophene rings is 1. The van der Waals surface area contributed by atoms with E-state index in [1.165, 1.54) is 23.1 Å². The summed E-state index contributed by atoms with van der Waals surface area (Å²) in [7, 11) is 0. The molecule has 1 aliphatic rings. The first-order valence-corrected chi connectivity index (χ1v) is 10.5. The Bertz CT molecular complexity index is 917. The number of benzene rings is 1.